The minimum atomic E-state index is -0.525. The molecule has 2 amide bonds. The topological polar surface area (TPSA) is 84.2 Å². The number of nitrogens with two attached hydrogens (primary N) is 1. The molecule has 5 nitrogen and oxygen atoms in total. The second-order valence-corrected chi connectivity index (χ2v) is 5.86. The first-order valence-electron chi connectivity index (χ1n) is 7.31. The monoisotopic (exact) mass is 305 g/mol. The van der Waals surface area contributed by atoms with Crippen molar-refractivity contribution in [2.24, 2.45) is 11.7 Å². The van der Waals surface area contributed by atoms with Crippen LogP contribution in [0.25, 0.3) is 0 Å². The molecule has 0 radical (unpaired) electrons. The molecule has 0 unspecified atom stereocenters. The normalized spacial score (nSPS) is 17.2. The first-order valence-corrected chi connectivity index (χ1v) is 7.31. The quantitative estimate of drug-likeness (QED) is 0.692. The van der Waals surface area contributed by atoms with E-state index in [2.05, 4.69) is 10.6 Å². The highest BCUT2D eigenvalue weighted by Gasteiger charge is 2.18. The van der Waals surface area contributed by atoms with Gasteiger partial charge in [-0.25, -0.2) is 0 Å². The van der Waals surface area contributed by atoms with Gasteiger partial charge in [0.1, 0.15) is 0 Å². The molecule has 0 heterocycles. The van der Waals surface area contributed by atoms with Crippen LogP contribution in [0, 0.1) is 5.92 Å². The highest BCUT2D eigenvalue weighted by molar-refractivity contribution is 5.87. The van der Waals surface area contributed by atoms with E-state index in [1.807, 2.05) is 13.8 Å². The summed E-state index contributed by atoms with van der Waals surface area (Å²) in [6, 6.07) is -0.245. The van der Waals surface area contributed by atoms with Gasteiger partial charge < -0.3 is 16.4 Å². The van der Waals surface area contributed by atoms with E-state index in [9.17, 15) is 9.59 Å². The van der Waals surface area contributed by atoms with Gasteiger partial charge in [0, 0.05) is 6.04 Å². The second-order valence-electron chi connectivity index (χ2n) is 5.86. The minimum Gasteiger partial charge on any atom is -0.352 e. The summed E-state index contributed by atoms with van der Waals surface area (Å²) in [4.78, 5) is 23.4. The Morgan fingerprint density at radius 2 is 1.80 bits per heavy atom. The van der Waals surface area contributed by atoms with E-state index in [-0.39, 0.29) is 36.8 Å². The van der Waals surface area contributed by atoms with Crippen molar-refractivity contribution in [3.8, 4) is 0 Å². The van der Waals surface area contributed by atoms with Crippen molar-refractivity contribution in [1.82, 2.24) is 10.6 Å². The Morgan fingerprint density at radius 3 is 2.35 bits per heavy atom. The van der Waals surface area contributed by atoms with Gasteiger partial charge in [-0.2, -0.15) is 0 Å². The van der Waals surface area contributed by atoms with Crippen LogP contribution in [0.4, 0.5) is 0 Å². The summed E-state index contributed by atoms with van der Waals surface area (Å²) in [6.07, 6.45) is 6.34. The van der Waals surface area contributed by atoms with Crippen LogP contribution in [0.3, 0.4) is 0 Å². The molecule has 1 atom stereocenters. The molecule has 0 aromatic rings. The average Bonchev–Trinajstić information content (AvgIpc) is 2.36. The molecule has 0 aliphatic heterocycles. The average molecular weight is 306 g/mol. The van der Waals surface area contributed by atoms with Gasteiger partial charge in [0.15, 0.2) is 0 Å². The van der Waals surface area contributed by atoms with E-state index in [0.717, 1.165) is 12.8 Å². The summed E-state index contributed by atoms with van der Waals surface area (Å²) in [7, 11) is 0. The lowest BCUT2D eigenvalue weighted by atomic mass is 9.95. The van der Waals surface area contributed by atoms with Crippen LogP contribution in [0.1, 0.15) is 52.4 Å². The van der Waals surface area contributed by atoms with E-state index in [0.29, 0.717) is 12.3 Å². The third kappa shape index (κ3) is 7.70. The number of hydrogen-bond acceptors (Lipinski definition) is 3. The van der Waals surface area contributed by atoms with Gasteiger partial charge in [0.25, 0.3) is 0 Å². The van der Waals surface area contributed by atoms with Crippen molar-refractivity contribution >= 4 is 24.2 Å². The molecule has 1 rings (SSSR count). The summed E-state index contributed by atoms with van der Waals surface area (Å²) in [5.41, 5.74) is 5.74. The molecule has 1 aliphatic rings. The molecular weight excluding hydrogens is 278 g/mol. The van der Waals surface area contributed by atoms with Crippen molar-refractivity contribution in [3.63, 3.8) is 0 Å². The third-order valence-corrected chi connectivity index (χ3v) is 3.46. The van der Waals surface area contributed by atoms with Crippen molar-refractivity contribution in [2.45, 2.75) is 64.5 Å². The fourth-order valence-corrected chi connectivity index (χ4v) is 2.44. The zero-order valence-corrected chi connectivity index (χ0v) is 13.3. The maximum Gasteiger partial charge on any atom is 0.239 e. The molecule has 1 aliphatic carbocycles. The molecule has 0 bridgehead atoms. The summed E-state index contributed by atoms with van der Waals surface area (Å²) < 4.78 is 0. The van der Waals surface area contributed by atoms with Crippen molar-refractivity contribution in [1.29, 1.82) is 0 Å². The number of hydrogen-bond donors (Lipinski definition) is 3. The molecule has 0 saturated heterocycles. The van der Waals surface area contributed by atoms with E-state index in [1.54, 1.807) is 0 Å². The SMILES string of the molecule is CC(C)C[C@H](N)C(=O)NCC(=O)NC1CCCCC1.Cl. The predicted molar refractivity (Wildman–Crippen MR) is 82.7 cm³/mol. The summed E-state index contributed by atoms with van der Waals surface area (Å²) in [6.45, 7) is 4.06. The highest BCUT2D eigenvalue weighted by atomic mass is 35.5. The Kier molecular flexibility index (Phi) is 9.59. The van der Waals surface area contributed by atoms with Crippen LogP contribution in [0.5, 0.6) is 0 Å². The molecule has 0 aromatic heterocycles. The molecular formula is C14H28ClN3O2. The third-order valence-electron chi connectivity index (χ3n) is 3.46. The Labute approximate surface area is 127 Å². The zero-order valence-electron chi connectivity index (χ0n) is 12.5. The van der Waals surface area contributed by atoms with Crippen LogP contribution >= 0.6 is 12.4 Å². The van der Waals surface area contributed by atoms with E-state index in [4.69, 9.17) is 5.73 Å². The summed E-state index contributed by atoms with van der Waals surface area (Å²) >= 11 is 0. The smallest absolute Gasteiger partial charge is 0.239 e. The Morgan fingerprint density at radius 1 is 1.20 bits per heavy atom. The van der Waals surface area contributed by atoms with Gasteiger partial charge in [-0.3, -0.25) is 9.59 Å². The largest absolute Gasteiger partial charge is 0.352 e. The van der Waals surface area contributed by atoms with Gasteiger partial charge in [-0.05, 0) is 25.2 Å². The lowest BCUT2D eigenvalue weighted by molar-refractivity contribution is -0.127. The maximum absolute atomic E-state index is 11.7. The second kappa shape index (κ2) is 10.00. The number of carbonyl (C=O) groups is 2. The standard InChI is InChI=1S/C14H27N3O2.ClH/c1-10(2)8-12(15)14(19)16-9-13(18)17-11-6-4-3-5-7-11;/h10-12H,3-9,15H2,1-2H3,(H,16,19)(H,17,18);1H/t12-;/m0./s1. The summed E-state index contributed by atoms with van der Waals surface area (Å²) in [5, 5.41) is 5.56. The number of carbonyl (C=O) groups excluding carboxylic acids is 2. The molecule has 1 fully saturated rings. The van der Waals surface area contributed by atoms with Crippen LogP contribution in [0.2, 0.25) is 0 Å². The van der Waals surface area contributed by atoms with Crippen LogP contribution in [0.15, 0.2) is 0 Å². The van der Waals surface area contributed by atoms with E-state index >= 15 is 0 Å². The van der Waals surface area contributed by atoms with Crippen LogP contribution < -0.4 is 16.4 Å². The van der Waals surface area contributed by atoms with Gasteiger partial charge in [0.2, 0.25) is 11.8 Å². The molecule has 20 heavy (non-hydrogen) atoms. The van der Waals surface area contributed by atoms with Gasteiger partial charge in [-0.1, -0.05) is 33.1 Å². The van der Waals surface area contributed by atoms with E-state index in [1.165, 1.54) is 19.3 Å². The first-order chi connectivity index (χ1) is 8.99. The minimum absolute atomic E-state index is 0. The lowest BCUT2D eigenvalue weighted by Crippen LogP contribution is -2.47. The van der Waals surface area contributed by atoms with Crippen molar-refractivity contribution < 1.29 is 9.59 Å². The number of rotatable bonds is 6. The molecule has 118 valence electrons. The Balaban J connectivity index is 0.00000361. The number of amides is 2. The van der Waals surface area contributed by atoms with Crippen LogP contribution in [-0.2, 0) is 9.59 Å². The lowest BCUT2D eigenvalue weighted by Gasteiger charge is -2.23. The van der Waals surface area contributed by atoms with Gasteiger partial charge in [0.05, 0.1) is 12.6 Å². The van der Waals surface area contributed by atoms with Crippen molar-refractivity contribution in [2.75, 3.05) is 6.54 Å². The number of nitrogens with one attached hydrogen (secondary N) is 2. The maximum atomic E-state index is 11.7. The van der Waals surface area contributed by atoms with Gasteiger partial charge in [-0.15, -0.1) is 12.4 Å². The molecule has 1 saturated carbocycles. The fourth-order valence-electron chi connectivity index (χ4n) is 2.44. The van der Waals surface area contributed by atoms with Gasteiger partial charge >= 0.3 is 0 Å². The molecule has 0 spiro atoms. The molecule has 6 heteroatoms. The fraction of sp³-hybridized carbons (Fsp3) is 0.857. The Hall–Kier alpha value is -0.810. The zero-order chi connectivity index (χ0) is 14.3. The Bertz CT molecular complexity index is 305. The predicted octanol–water partition coefficient (Wildman–Crippen LogP) is 1.35. The first kappa shape index (κ1) is 19.2. The molecule has 0 aromatic carbocycles. The van der Waals surface area contributed by atoms with Crippen molar-refractivity contribution in [3.05, 3.63) is 0 Å². The van der Waals surface area contributed by atoms with Crippen LogP contribution in [-0.4, -0.2) is 30.4 Å². The van der Waals surface area contributed by atoms with E-state index < -0.39 is 6.04 Å². The number of halogens is 1. The summed E-state index contributed by atoms with van der Waals surface area (Å²) in [5.74, 6) is 0.0151. The highest BCUT2D eigenvalue weighted by Crippen LogP contribution is 2.17. The molecule has 4 N–H and O–H groups in total.